The molecule has 4 N–H and O–H groups in total. The minimum absolute atomic E-state index is 0.245. The maximum Gasteiger partial charge on any atom is 0.314 e. The third-order valence-electron chi connectivity index (χ3n) is 4.23. The number of benzene rings is 1. The molecule has 1 aromatic carbocycles. The van der Waals surface area contributed by atoms with Crippen molar-refractivity contribution in [2.75, 3.05) is 19.7 Å². The molecule has 0 saturated carbocycles. The van der Waals surface area contributed by atoms with Crippen LogP contribution >= 0.6 is 0 Å². The predicted octanol–water partition coefficient (Wildman–Crippen LogP) is 0.791. The minimum atomic E-state index is -0.809. The van der Waals surface area contributed by atoms with E-state index in [2.05, 4.69) is 10.9 Å². The number of carbonyl (C=O) groups is 3. The van der Waals surface area contributed by atoms with Crippen LogP contribution in [0.15, 0.2) is 24.3 Å². The summed E-state index contributed by atoms with van der Waals surface area (Å²) in [5, 5.41) is 0. The lowest BCUT2D eigenvalue weighted by Crippen LogP contribution is -2.52. The van der Waals surface area contributed by atoms with E-state index in [-0.39, 0.29) is 12.5 Å². The molecule has 0 aliphatic carbocycles. The molecule has 0 unspecified atom stereocenters. The molecular formula is C18H26N4O5. The first-order valence-corrected chi connectivity index (χ1v) is 8.94. The van der Waals surface area contributed by atoms with Gasteiger partial charge in [0.2, 0.25) is 5.91 Å². The number of hydrazine groups is 1. The Bertz CT molecular complexity index is 664. The molecule has 1 heterocycles. The highest BCUT2D eigenvalue weighted by atomic mass is 16.5. The first kappa shape index (κ1) is 20.3. The second-order valence-corrected chi connectivity index (χ2v) is 6.27. The fourth-order valence-corrected chi connectivity index (χ4v) is 2.76. The van der Waals surface area contributed by atoms with Crippen molar-refractivity contribution < 1.29 is 23.9 Å². The number of amides is 4. The lowest BCUT2D eigenvalue weighted by atomic mass is 9.98. The second-order valence-electron chi connectivity index (χ2n) is 6.27. The maximum absolute atomic E-state index is 12.2. The summed E-state index contributed by atoms with van der Waals surface area (Å²) in [5.41, 5.74) is 9.99. The summed E-state index contributed by atoms with van der Waals surface area (Å²) in [4.78, 5) is 37.0. The summed E-state index contributed by atoms with van der Waals surface area (Å²) in [6.45, 7) is 4.82. The van der Waals surface area contributed by atoms with Crippen molar-refractivity contribution in [2.24, 2.45) is 11.7 Å². The number of likely N-dealkylation sites (tertiary alicyclic amines) is 1. The number of hydrogen-bond donors (Lipinski definition) is 3. The Morgan fingerprint density at radius 3 is 2.52 bits per heavy atom. The van der Waals surface area contributed by atoms with E-state index in [1.165, 1.54) is 4.90 Å². The summed E-state index contributed by atoms with van der Waals surface area (Å²) in [7, 11) is 0. The number of nitrogens with zero attached hydrogens (tertiary/aromatic N) is 1. The third-order valence-corrected chi connectivity index (χ3v) is 4.23. The fraction of sp³-hybridized carbons (Fsp3) is 0.500. The number of ether oxygens (including phenoxy) is 2. The zero-order valence-corrected chi connectivity index (χ0v) is 15.6. The van der Waals surface area contributed by atoms with Crippen molar-refractivity contribution >= 4 is 17.8 Å². The Morgan fingerprint density at radius 1 is 1.22 bits per heavy atom. The molecule has 2 atom stereocenters. The smallest absolute Gasteiger partial charge is 0.314 e. The lowest BCUT2D eigenvalue weighted by molar-refractivity contribution is -0.134. The average Bonchev–Trinajstić information content (AvgIpc) is 2.67. The summed E-state index contributed by atoms with van der Waals surface area (Å²) >= 11 is 0. The van der Waals surface area contributed by atoms with E-state index in [1.54, 1.807) is 31.2 Å². The van der Waals surface area contributed by atoms with Gasteiger partial charge in [0.15, 0.2) is 6.10 Å². The first-order chi connectivity index (χ1) is 12.9. The lowest BCUT2D eigenvalue weighted by Gasteiger charge is -2.30. The molecule has 1 saturated heterocycles. The topological polar surface area (TPSA) is 123 Å². The van der Waals surface area contributed by atoms with Gasteiger partial charge >= 0.3 is 6.03 Å². The average molecular weight is 378 g/mol. The van der Waals surface area contributed by atoms with Crippen LogP contribution < -0.4 is 26.1 Å². The third kappa shape index (κ3) is 6.05. The van der Waals surface area contributed by atoms with E-state index in [0.717, 1.165) is 0 Å². The van der Waals surface area contributed by atoms with Crippen LogP contribution in [0.1, 0.15) is 26.7 Å². The van der Waals surface area contributed by atoms with E-state index in [1.807, 2.05) is 6.92 Å². The van der Waals surface area contributed by atoms with Gasteiger partial charge in [-0.15, -0.1) is 0 Å². The number of rotatable bonds is 6. The van der Waals surface area contributed by atoms with Gasteiger partial charge in [0.25, 0.3) is 5.91 Å². The standard InChI is InChI=1S/C18H26N4O5/c1-3-26-14-6-8-15(9-7-14)27-12(2)16(23)20-21-17(24)13-5-4-10-22(11-13)18(19)25/h6-9,12-13H,3-5,10-11H2,1-2H3,(H2,19,25)(H,20,23)(H,21,24)/t12-,13+/m0/s1. The molecule has 4 amide bonds. The van der Waals surface area contributed by atoms with Crippen molar-refractivity contribution in [3.05, 3.63) is 24.3 Å². The van der Waals surface area contributed by atoms with Crippen molar-refractivity contribution in [3.63, 3.8) is 0 Å². The van der Waals surface area contributed by atoms with E-state index >= 15 is 0 Å². The zero-order chi connectivity index (χ0) is 19.8. The highest BCUT2D eigenvalue weighted by Crippen LogP contribution is 2.19. The molecule has 0 aromatic heterocycles. The van der Waals surface area contributed by atoms with Crippen LogP contribution in [0.2, 0.25) is 0 Å². The molecule has 2 rings (SSSR count). The summed E-state index contributed by atoms with van der Waals surface area (Å²) in [5.74, 6) is -0.0280. The molecule has 0 bridgehead atoms. The molecule has 9 nitrogen and oxygen atoms in total. The molecule has 9 heteroatoms. The zero-order valence-electron chi connectivity index (χ0n) is 15.6. The number of piperidine rings is 1. The van der Waals surface area contributed by atoms with Crippen molar-refractivity contribution in [3.8, 4) is 11.5 Å². The largest absolute Gasteiger partial charge is 0.494 e. The fourth-order valence-electron chi connectivity index (χ4n) is 2.76. The van der Waals surface area contributed by atoms with E-state index in [0.29, 0.717) is 37.5 Å². The van der Waals surface area contributed by atoms with Gasteiger partial charge in [0, 0.05) is 13.1 Å². The molecular weight excluding hydrogens is 352 g/mol. The van der Waals surface area contributed by atoms with Gasteiger partial charge < -0.3 is 20.1 Å². The Hall–Kier alpha value is -2.97. The van der Waals surface area contributed by atoms with E-state index < -0.39 is 24.0 Å². The van der Waals surface area contributed by atoms with Crippen molar-refractivity contribution in [1.82, 2.24) is 15.8 Å². The van der Waals surface area contributed by atoms with Crippen molar-refractivity contribution in [2.45, 2.75) is 32.8 Å². The Labute approximate surface area is 158 Å². The Morgan fingerprint density at radius 2 is 1.89 bits per heavy atom. The Kier molecular flexibility index (Phi) is 7.27. The molecule has 1 aromatic rings. The van der Waals surface area contributed by atoms with Gasteiger partial charge in [-0.1, -0.05) is 0 Å². The number of carbonyl (C=O) groups excluding carboxylic acids is 3. The molecule has 0 spiro atoms. The normalized spacial score (nSPS) is 17.6. The van der Waals surface area contributed by atoms with Crippen LogP contribution in [0.25, 0.3) is 0 Å². The maximum atomic E-state index is 12.2. The highest BCUT2D eigenvalue weighted by Gasteiger charge is 2.28. The molecule has 27 heavy (non-hydrogen) atoms. The van der Waals surface area contributed by atoms with Crippen LogP contribution in [0.3, 0.4) is 0 Å². The number of primary amides is 1. The monoisotopic (exact) mass is 378 g/mol. The van der Waals surface area contributed by atoms with Gasteiger partial charge in [-0.2, -0.15) is 0 Å². The van der Waals surface area contributed by atoms with Crippen molar-refractivity contribution in [1.29, 1.82) is 0 Å². The van der Waals surface area contributed by atoms with Gasteiger partial charge in [-0.3, -0.25) is 20.4 Å². The van der Waals surface area contributed by atoms with Crippen LogP contribution in [0.5, 0.6) is 11.5 Å². The number of urea groups is 1. The number of hydrogen-bond acceptors (Lipinski definition) is 5. The van der Waals surface area contributed by atoms with Gasteiger partial charge in [-0.25, -0.2) is 4.79 Å². The first-order valence-electron chi connectivity index (χ1n) is 8.94. The minimum Gasteiger partial charge on any atom is -0.494 e. The molecule has 1 aliphatic heterocycles. The summed E-state index contributed by atoms with van der Waals surface area (Å²) in [6.07, 6.45) is 0.507. The molecule has 148 valence electrons. The number of nitrogens with one attached hydrogen (secondary N) is 2. The van der Waals surface area contributed by atoms with Crippen LogP contribution in [-0.4, -0.2) is 48.5 Å². The Balaban J connectivity index is 1.78. The SMILES string of the molecule is CCOc1ccc(O[C@@H](C)C(=O)NNC(=O)[C@@H]2CCCN(C(N)=O)C2)cc1. The quantitative estimate of drug-likeness (QED) is 0.632. The van der Waals surface area contributed by atoms with E-state index in [4.69, 9.17) is 15.2 Å². The van der Waals surface area contributed by atoms with Gasteiger partial charge in [0.1, 0.15) is 11.5 Å². The van der Waals surface area contributed by atoms with E-state index in [9.17, 15) is 14.4 Å². The second kappa shape index (κ2) is 9.65. The molecule has 0 radical (unpaired) electrons. The van der Waals surface area contributed by atoms with Crippen LogP contribution in [0, 0.1) is 5.92 Å². The molecule has 1 fully saturated rings. The summed E-state index contributed by atoms with van der Waals surface area (Å²) < 4.78 is 10.9. The summed E-state index contributed by atoms with van der Waals surface area (Å²) in [6, 6.07) is 6.35. The van der Waals surface area contributed by atoms with Gasteiger partial charge in [-0.05, 0) is 51.0 Å². The van der Waals surface area contributed by atoms with Gasteiger partial charge in [0.05, 0.1) is 12.5 Å². The number of nitrogens with two attached hydrogens (primary N) is 1. The molecule has 1 aliphatic rings. The van der Waals surface area contributed by atoms with Crippen LogP contribution in [-0.2, 0) is 9.59 Å². The van der Waals surface area contributed by atoms with Crippen LogP contribution in [0.4, 0.5) is 4.79 Å². The predicted molar refractivity (Wildman–Crippen MR) is 97.9 cm³/mol. The highest BCUT2D eigenvalue weighted by molar-refractivity contribution is 5.86.